The Balaban J connectivity index is 3.09. The number of carboxylic acid groups (broad SMARTS) is 1. The molecule has 0 bridgehead atoms. The van der Waals surface area contributed by atoms with Crippen LogP contribution in [0.5, 0.6) is 0 Å². The first-order valence-electron chi connectivity index (χ1n) is 5.86. The molecule has 20 heavy (non-hydrogen) atoms. The molecule has 0 amide bonds. The van der Waals surface area contributed by atoms with Gasteiger partial charge in [0.25, 0.3) is 0 Å². The SMILES string of the molecule is CC(O)CC(C)NS(=O)(=O)c1cc(C(=O)O)ccc1Cl. The zero-order valence-corrected chi connectivity index (χ0v) is 12.6. The van der Waals surface area contributed by atoms with Gasteiger partial charge < -0.3 is 10.2 Å². The first kappa shape index (κ1) is 16.9. The summed E-state index contributed by atoms with van der Waals surface area (Å²) in [4.78, 5) is 10.6. The highest BCUT2D eigenvalue weighted by Gasteiger charge is 2.22. The Kier molecular flexibility index (Phi) is 5.52. The van der Waals surface area contributed by atoms with E-state index in [9.17, 15) is 18.3 Å². The smallest absolute Gasteiger partial charge is 0.335 e. The molecule has 0 radical (unpaired) electrons. The van der Waals surface area contributed by atoms with Gasteiger partial charge in [0, 0.05) is 6.04 Å². The van der Waals surface area contributed by atoms with E-state index in [1.165, 1.54) is 12.1 Å². The highest BCUT2D eigenvalue weighted by molar-refractivity contribution is 7.89. The van der Waals surface area contributed by atoms with Gasteiger partial charge in [0.2, 0.25) is 10.0 Å². The summed E-state index contributed by atoms with van der Waals surface area (Å²) in [5.41, 5.74) is -0.169. The number of carbonyl (C=O) groups is 1. The summed E-state index contributed by atoms with van der Waals surface area (Å²) in [6.07, 6.45) is -0.427. The number of hydrogen-bond acceptors (Lipinski definition) is 4. The minimum atomic E-state index is -3.95. The van der Waals surface area contributed by atoms with E-state index < -0.39 is 28.1 Å². The van der Waals surface area contributed by atoms with Crippen molar-refractivity contribution in [2.75, 3.05) is 0 Å². The number of aromatic carboxylic acids is 1. The highest BCUT2D eigenvalue weighted by Crippen LogP contribution is 2.23. The quantitative estimate of drug-likeness (QED) is 0.736. The Bertz CT molecular complexity index is 600. The molecule has 0 aliphatic heterocycles. The van der Waals surface area contributed by atoms with E-state index in [0.717, 1.165) is 6.07 Å². The van der Waals surface area contributed by atoms with Crippen LogP contribution in [-0.2, 0) is 10.0 Å². The molecule has 112 valence electrons. The number of carboxylic acids is 1. The lowest BCUT2D eigenvalue weighted by atomic mass is 10.2. The number of benzene rings is 1. The third-order valence-electron chi connectivity index (χ3n) is 2.52. The summed E-state index contributed by atoms with van der Waals surface area (Å²) in [7, 11) is -3.95. The van der Waals surface area contributed by atoms with Gasteiger partial charge >= 0.3 is 5.97 Å². The number of aliphatic hydroxyl groups excluding tert-OH is 1. The second kappa shape index (κ2) is 6.53. The van der Waals surface area contributed by atoms with Crippen LogP contribution in [0.3, 0.4) is 0 Å². The largest absolute Gasteiger partial charge is 0.478 e. The molecule has 2 unspecified atom stereocenters. The zero-order valence-electron chi connectivity index (χ0n) is 11.0. The van der Waals surface area contributed by atoms with Crippen LogP contribution in [0.1, 0.15) is 30.6 Å². The summed E-state index contributed by atoms with van der Waals surface area (Å²) in [5, 5.41) is 18.0. The van der Waals surface area contributed by atoms with E-state index >= 15 is 0 Å². The van der Waals surface area contributed by atoms with Gasteiger partial charge in [-0.25, -0.2) is 17.9 Å². The summed E-state index contributed by atoms with van der Waals surface area (Å²) >= 11 is 5.81. The number of rotatable bonds is 6. The van der Waals surface area contributed by atoms with E-state index in [4.69, 9.17) is 16.7 Å². The molecule has 0 aliphatic carbocycles. The molecule has 1 aromatic rings. The summed E-state index contributed by atoms with van der Waals surface area (Å²) in [6.45, 7) is 3.14. The number of aliphatic hydroxyl groups is 1. The maximum absolute atomic E-state index is 12.1. The Hall–Kier alpha value is -1.15. The van der Waals surface area contributed by atoms with Crippen LogP contribution in [0.15, 0.2) is 23.1 Å². The Labute approximate surface area is 122 Å². The van der Waals surface area contributed by atoms with E-state index in [-0.39, 0.29) is 21.9 Å². The first-order chi connectivity index (χ1) is 9.13. The van der Waals surface area contributed by atoms with Gasteiger partial charge in [-0.3, -0.25) is 0 Å². The van der Waals surface area contributed by atoms with Crippen molar-refractivity contribution in [2.24, 2.45) is 0 Å². The lowest BCUT2D eigenvalue weighted by Gasteiger charge is -2.16. The Morgan fingerprint density at radius 2 is 2.00 bits per heavy atom. The van der Waals surface area contributed by atoms with Crippen molar-refractivity contribution in [1.29, 1.82) is 0 Å². The topological polar surface area (TPSA) is 104 Å². The third kappa shape index (κ3) is 4.45. The summed E-state index contributed by atoms with van der Waals surface area (Å²) in [5.74, 6) is -1.24. The number of nitrogens with one attached hydrogen (secondary N) is 1. The van der Waals surface area contributed by atoms with Crippen molar-refractivity contribution in [2.45, 2.75) is 37.3 Å². The van der Waals surface area contributed by atoms with Crippen molar-refractivity contribution in [3.8, 4) is 0 Å². The molecule has 0 aliphatic rings. The highest BCUT2D eigenvalue weighted by atomic mass is 35.5. The lowest BCUT2D eigenvalue weighted by Crippen LogP contribution is -2.34. The molecule has 0 aromatic heterocycles. The van der Waals surface area contributed by atoms with Gasteiger partial charge in [-0.05, 0) is 38.5 Å². The zero-order chi connectivity index (χ0) is 15.5. The van der Waals surface area contributed by atoms with Crippen LogP contribution in [0.25, 0.3) is 0 Å². The van der Waals surface area contributed by atoms with Gasteiger partial charge in [-0.2, -0.15) is 0 Å². The maximum Gasteiger partial charge on any atom is 0.335 e. The summed E-state index contributed by atoms with van der Waals surface area (Å²) in [6, 6.07) is 2.94. The van der Waals surface area contributed by atoms with Gasteiger partial charge in [0.15, 0.2) is 0 Å². The van der Waals surface area contributed by atoms with Crippen LogP contribution in [0.2, 0.25) is 5.02 Å². The van der Waals surface area contributed by atoms with E-state index in [0.29, 0.717) is 0 Å². The minimum absolute atomic E-state index is 0.0632. The average molecular weight is 322 g/mol. The van der Waals surface area contributed by atoms with Crippen LogP contribution < -0.4 is 4.72 Å². The van der Waals surface area contributed by atoms with Crippen LogP contribution in [0.4, 0.5) is 0 Å². The molecule has 1 rings (SSSR count). The third-order valence-corrected chi connectivity index (χ3v) is 4.59. The van der Waals surface area contributed by atoms with Gasteiger partial charge in [0.05, 0.1) is 16.7 Å². The van der Waals surface area contributed by atoms with Crippen LogP contribution >= 0.6 is 11.6 Å². The predicted octanol–water partition coefficient (Wildman–Crippen LogP) is 1.48. The Morgan fingerprint density at radius 1 is 1.40 bits per heavy atom. The Morgan fingerprint density at radius 3 is 2.50 bits per heavy atom. The molecule has 8 heteroatoms. The van der Waals surface area contributed by atoms with Crippen molar-refractivity contribution in [3.63, 3.8) is 0 Å². The van der Waals surface area contributed by atoms with Crippen molar-refractivity contribution >= 4 is 27.6 Å². The van der Waals surface area contributed by atoms with Crippen LogP contribution in [-0.4, -0.2) is 36.7 Å². The standard InChI is InChI=1S/C12H16ClNO5S/c1-7(5-8(2)15)14-20(18,19)11-6-9(12(16)17)3-4-10(11)13/h3-4,6-8,14-15H,5H2,1-2H3,(H,16,17). The second-order valence-corrected chi connectivity index (χ2v) is 6.65. The molecule has 0 saturated heterocycles. The van der Waals surface area contributed by atoms with Gasteiger partial charge in [-0.1, -0.05) is 11.6 Å². The van der Waals surface area contributed by atoms with E-state index in [2.05, 4.69) is 4.72 Å². The predicted molar refractivity (Wildman–Crippen MR) is 74.5 cm³/mol. The van der Waals surface area contributed by atoms with E-state index in [1.54, 1.807) is 13.8 Å². The lowest BCUT2D eigenvalue weighted by molar-refractivity contribution is 0.0696. The molecule has 1 aromatic carbocycles. The molecule has 0 fully saturated rings. The maximum atomic E-state index is 12.1. The normalized spacial score (nSPS) is 14.8. The molecule has 0 saturated carbocycles. The fraction of sp³-hybridized carbons (Fsp3) is 0.417. The van der Waals surface area contributed by atoms with Crippen molar-refractivity contribution in [3.05, 3.63) is 28.8 Å². The van der Waals surface area contributed by atoms with Gasteiger partial charge in [0.1, 0.15) is 4.90 Å². The summed E-state index contributed by atoms with van der Waals surface area (Å²) < 4.78 is 26.6. The second-order valence-electron chi connectivity index (χ2n) is 4.56. The molecular weight excluding hydrogens is 306 g/mol. The van der Waals surface area contributed by atoms with Crippen molar-refractivity contribution in [1.82, 2.24) is 4.72 Å². The minimum Gasteiger partial charge on any atom is -0.478 e. The molecule has 6 nitrogen and oxygen atoms in total. The molecule has 0 heterocycles. The first-order valence-corrected chi connectivity index (χ1v) is 7.73. The fourth-order valence-corrected chi connectivity index (χ4v) is 3.51. The van der Waals surface area contributed by atoms with Crippen molar-refractivity contribution < 1.29 is 23.4 Å². The number of hydrogen-bond donors (Lipinski definition) is 3. The molecule has 0 spiro atoms. The molecular formula is C12H16ClNO5S. The monoisotopic (exact) mass is 321 g/mol. The van der Waals surface area contributed by atoms with Gasteiger partial charge in [-0.15, -0.1) is 0 Å². The average Bonchev–Trinajstić information content (AvgIpc) is 2.26. The number of sulfonamides is 1. The van der Waals surface area contributed by atoms with Crippen LogP contribution in [0, 0.1) is 0 Å². The molecule has 3 N–H and O–H groups in total. The molecule has 2 atom stereocenters. The fourth-order valence-electron chi connectivity index (χ4n) is 1.73. The van der Waals surface area contributed by atoms with E-state index in [1.807, 2.05) is 0 Å². The number of halogens is 1.